The van der Waals surface area contributed by atoms with Gasteiger partial charge in [0.1, 0.15) is 5.15 Å². The van der Waals surface area contributed by atoms with E-state index in [0.29, 0.717) is 5.52 Å². The number of aromatic nitrogens is 3. The van der Waals surface area contributed by atoms with Crippen LogP contribution in [-0.2, 0) is 4.74 Å². The Kier molecular flexibility index (Phi) is 4.87. The lowest BCUT2D eigenvalue weighted by Crippen LogP contribution is -2.16. The third kappa shape index (κ3) is 3.43. The number of pyridine rings is 1. The standard InChI is InChI=1S/C16H11Cl2F2N3O2/c1-8(25-15(24)13-9(17)6-7-12(18)22-13)14-21-10-4-2-3-5-11(10)23(14)16(19)20/h2-8,16H,1H3. The summed E-state index contributed by atoms with van der Waals surface area (Å²) in [6.07, 6.45) is -1.05. The molecule has 3 rings (SSSR count). The molecule has 0 N–H and O–H groups in total. The minimum absolute atomic E-state index is 0.0453. The summed E-state index contributed by atoms with van der Waals surface area (Å²) in [6, 6.07) is 9.23. The van der Waals surface area contributed by atoms with Crippen LogP contribution in [0.4, 0.5) is 8.78 Å². The maximum absolute atomic E-state index is 13.5. The van der Waals surface area contributed by atoms with Gasteiger partial charge in [-0.3, -0.25) is 4.57 Å². The lowest BCUT2D eigenvalue weighted by Gasteiger charge is -2.15. The Morgan fingerprint density at radius 2 is 1.88 bits per heavy atom. The number of ether oxygens (including phenoxy) is 1. The van der Waals surface area contributed by atoms with Gasteiger partial charge < -0.3 is 4.74 Å². The fourth-order valence-corrected chi connectivity index (χ4v) is 2.72. The monoisotopic (exact) mass is 385 g/mol. The number of para-hydroxylation sites is 2. The molecule has 5 nitrogen and oxygen atoms in total. The Labute approximate surface area is 151 Å². The zero-order valence-corrected chi connectivity index (χ0v) is 14.3. The molecule has 2 aromatic heterocycles. The fourth-order valence-electron chi connectivity index (χ4n) is 2.39. The van der Waals surface area contributed by atoms with Crippen molar-refractivity contribution >= 4 is 40.2 Å². The molecular weight excluding hydrogens is 375 g/mol. The molecule has 130 valence electrons. The van der Waals surface area contributed by atoms with Crippen LogP contribution in [0.25, 0.3) is 11.0 Å². The Hall–Kier alpha value is -2.25. The Balaban J connectivity index is 1.94. The highest BCUT2D eigenvalue weighted by Crippen LogP contribution is 2.29. The average Bonchev–Trinajstić information content (AvgIpc) is 2.96. The van der Waals surface area contributed by atoms with Gasteiger partial charge in [0.2, 0.25) is 0 Å². The van der Waals surface area contributed by atoms with E-state index in [1.165, 1.54) is 25.1 Å². The van der Waals surface area contributed by atoms with Crippen LogP contribution in [0.5, 0.6) is 0 Å². The molecule has 0 aliphatic rings. The van der Waals surface area contributed by atoms with Crippen molar-refractivity contribution in [3.63, 3.8) is 0 Å². The van der Waals surface area contributed by atoms with Crippen LogP contribution in [0.1, 0.15) is 35.9 Å². The summed E-state index contributed by atoms with van der Waals surface area (Å²) >= 11 is 11.6. The number of fused-ring (bicyclic) bond motifs is 1. The molecule has 9 heteroatoms. The third-order valence-corrected chi connectivity index (χ3v) is 3.99. The maximum atomic E-state index is 13.5. The average molecular weight is 386 g/mol. The predicted octanol–water partition coefficient (Wildman–Crippen LogP) is 5.05. The van der Waals surface area contributed by atoms with Crippen LogP contribution < -0.4 is 0 Å². The van der Waals surface area contributed by atoms with Gasteiger partial charge in [0.15, 0.2) is 17.6 Å². The highest BCUT2D eigenvalue weighted by Gasteiger charge is 2.26. The maximum Gasteiger partial charge on any atom is 0.359 e. The van der Waals surface area contributed by atoms with Gasteiger partial charge in [-0.1, -0.05) is 35.3 Å². The number of alkyl halides is 2. The van der Waals surface area contributed by atoms with E-state index >= 15 is 0 Å². The number of imidazole rings is 1. The van der Waals surface area contributed by atoms with Gasteiger partial charge in [0.25, 0.3) is 0 Å². The quantitative estimate of drug-likeness (QED) is 0.465. The van der Waals surface area contributed by atoms with Gasteiger partial charge in [0.05, 0.1) is 16.1 Å². The summed E-state index contributed by atoms with van der Waals surface area (Å²) in [4.78, 5) is 20.2. The van der Waals surface area contributed by atoms with Crippen molar-refractivity contribution in [3.05, 3.63) is 58.1 Å². The minimum Gasteiger partial charge on any atom is -0.450 e. The molecule has 0 saturated carbocycles. The lowest BCUT2D eigenvalue weighted by atomic mass is 10.3. The van der Waals surface area contributed by atoms with Crippen LogP contribution in [0, 0.1) is 0 Å². The number of carbonyl (C=O) groups is 1. The van der Waals surface area contributed by atoms with Crippen molar-refractivity contribution in [2.45, 2.75) is 19.6 Å². The van der Waals surface area contributed by atoms with E-state index in [9.17, 15) is 13.6 Å². The van der Waals surface area contributed by atoms with Gasteiger partial charge in [-0.25, -0.2) is 14.8 Å². The van der Waals surface area contributed by atoms with Crippen molar-refractivity contribution in [1.29, 1.82) is 0 Å². The number of halogens is 4. The van der Waals surface area contributed by atoms with Crippen LogP contribution >= 0.6 is 23.2 Å². The molecule has 0 saturated heterocycles. The van der Waals surface area contributed by atoms with Crippen molar-refractivity contribution in [2.75, 3.05) is 0 Å². The van der Waals surface area contributed by atoms with Gasteiger partial charge >= 0.3 is 12.5 Å². The highest BCUT2D eigenvalue weighted by atomic mass is 35.5. The van der Waals surface area contributed by atoms with E-state index < -0.39 is 18.6 Å². The normalized spacial score (nSPS) is 12.6. The third-order valence-electron chi connectivity index (χ3n) is 3.47. The summed E-state index contributed by atoms with van der Waals surface area (Å²) in [5.74, 6) is -0.962. The zero-order valence-electron chi connectivity index (χ0n) is 12.8. The Morgan fingerprint density at radius 3 is 2.60 bits per heavy atom. The zero-order chi connectivity index (χ0) is 18.1. The number of rotatable bonds is 4. The predicted molar refractivity (Wildman–Crippen MR) is 89.1 cm³/mol. The first-order chi connectivity index (χ1) is 11.9. The smallest absolute Gasteiger partial charge is 0.359 e. The van der Waals surface area contributed by atoms with Crippen molar-refractivity contribution in [3.8, 4) is 0 Å². The second-order valence-electron chi connectivity index (χ2n) is 5.12. The molecule has 0 amide bonds. The topological polar surface area (TPSA) is 57.0 Å². The molecule has 3 aromatic rings. The number of hydrogen-bond donors (Lipinski definition) is 0. The summed E-state index contributed by atoms with van der Waals surface area (Å²) in [7, 11) is 0. The SMILES string of the molecule is CC(OC(=O)c1nc(Cl)ccc1Cl)c1nc2ccccc2n1C(F)F. The van der Waals surface area contributed by atoms with Crippen molar-refractivity contribution in [1.82, 2.24) is 14.5 Å². The van der Waals surface area contributed by atoms with E-state index in [1.54, 1.807) is 18.2 Å². The van der Waals surface area contributed by atoms with Gasteiger partial charge in [-0.05, 0) is 31.2 Å². The van der Waals surface area contributed by atoms with Gasteiger partial charge in [-0.2, -0.15) is 8.78 Å². The summed E-state index contributed by atoms with van der Waals surface area (Å²) < 4.78 is 32.9. The molecule has 0 radical (unpaired) electrons. The molecule has 0 bridgehead atoms. The molecule has 0 spiro atoms. The van der Waals surface area contributed by atoms with Crippen LogP contribution in [0.2, 0.25) is 10.2 Å². The molecule has 0 aliphatic heterocycles. The van der Waals surface area contributed by atoms with E-state index in [2.05, 4.69) is 9.97 Å². The second-order valence-corrected chi connectivity index (χ2v) is 5.91. The summed E-state index contributed by atoms with van der Waals surface area (Å²) in [5.41, 5.74) is 0.426. The summed E-state index contributed by atoms with van der Waals surface area (Å²) in [5, 5.41) is 0.104. The molecular formula is C16H11Cl2F2N3O2. The highest BCUT2D eigenvalue weighted by molar-refractivity contribution is 6.34. The van der Waals surface area contributed by atoms with Crippen molar-refractivity contribution in [2.24, 2.45) is 0 Å². The second kappa shape index (κ2) is 6.93. The molecule has 1 atom stereocenters. The number of esters is 1. The van der Waals surface area contributed by atoms with Crippen molar-refractivity contribution < 1.29 is 18.3 Å². The fraction of sp³-hybridized carbons (Fsp3) is 0.188. The van der Waals surface area contributed by atoms with Crippen LogP contribution in [-0.4, -0.2) is 20.5 Å². The minimum atomic E-state index is -2.84. The first-order valence-electron chi connectivity index (χ1n) is 7.16. The molecule has 25 heavy (non-hydrogen) atoms. The Bertz CT molecular complexity index is 946. The number of nitrogens with zero attached hydrogens (tertiary/aromatic N) is 3. The first-order valence-corrected chi connectivity index (χ1v) is 7.92. The van der Waals surface area contributed by atoms with E-state index in [0.717, 1.165) is 4.57 Å². The lowest BCUT2D eigenvalue weighted by molar-refractivity contribution is 0.0227. The van der Waals surface area contributed by atoms with E-state index in [4.69, 9.17) is 27.9 Å². The number of benzene rings is 1. The molecule has 1 unspecified atom stereocenters. The number of hydrogen-bond acceptors (Lipinski definition) is 4. The Morgan fingerprint density at radius 1 is 1.16 bits per heavy atom. The van der Waals surface area contributed by atoms with Crippen LogP contribution in [0.3, 0.4) is 0 Å². The van der Waals surface area contributed by atoms with E-state index in [-0.39, 0.29) is 27.2 Å². The van der Waals surface area contributed by atoms with Gasteiger partial charge in [0, 0.05) is 0 Å². The van der Waals surface area contributed by atoms with Crippen LogP contribution in [0.15, 0.2) is 36.4 Å². The first kappa shape index (κ1) is 17.6. The molecule has 0 fully saturated rings. The molecule has 1 aromatic carbocycles. The molecule has 0 aliphatic carbocycles. The van der Waals surface area contributed by atoms with Gasteiger partial charge in [-0.15, -0.1) is 0 Å². The summed E-state index contributed by atoms with van der Waals surface area (Å²) in [6.45, 7) is -1.40. The molecule has 2 heterocycles. The largest absolute Gasteiger partial charge is 0.450 e. The van der Waals surface area contributed by atoms with E-state index in [1.807, 2.05) is 0 Å². The number of carbonyl (C=O) groups excluding carboxylic acids is 1.